The number of nitrogens with one attached hydrogen (secondary N) is 1. The summed E-state index contributed by atoms with van der Waals surface area (Å²) in [6.07, 6.45) is 0.520. The summed E-state index contributed by atoms with van der Waals surface area (Å²) < 4.78 is 4.80. The fourth-order valence-electron chi connectivity index (χ4n) is 1.57. The number of carbonyl (C=O) groups excluding carboxylic acids is 3. The molecule has 0 aliphatic heterocycles. The highest BCUT2D eigenvalue weighted by Crippen LogP contribution is 2.18. The molecule has 1 rings (SSSR count). The quantitative estimate of drug-likeness (QED) is 0.477. The van der Waals surface area contributed by atoms with E-state index in [-0.39, 0.29) is 29.3 Å². The number of esters is 1. The van der Waals surface area contributed by atoms with Crippen molar-refractivity contribution in [2.75, 3.05) is 6.61 Å². The Kier molecular flexibility index (Phi) is 3.60. The number of aromatic nitrogens is 1. The van der Waals surface area contributed by atoms with Crippen LogP contribution >= 0.6 is 0 Å². The van der Waals surface area contributed by atoms with Crippen LogP contribution in [-0.4, -0.2) is 29.6 Å². The van der Waals surface area contributed by atoms with Gasteiger partial charge in [0, 0.05) is 5.56 Å². The number of aldehydes is 1. The fraction of sp³-hybridized carbons (Fsp3) is 0.364. The standard InChI is InChI=1S/C11H13NO4/c1-4-16-11(15)10-6(2)9(7(3)14)8(5-13)12-10/h5,12H,4H2,1-3H3. The van der Waals surface area contributed by atoms with Gasteiger partial charge in [0.1, 0.15) is 5.69 Å². The van der Waals surface area contributed by atoms with Crippen LogP contribution < -0.4 is 0 Å². The van der Waals surface area contributed by atoms with Gasteiger partial charge in [-0.3, -0.25) is 9.59 Å². The molecule has 1 aromatic rings. The van der Waals surface area contributed by atoms with Crippen molar-refractivity contribution in [3.63, 3.8) is 0 Å². The number of hydrogen-bond acceptors (Lipinski definition) is 4. The highest BCUT2D eigenvalue weighted by molar-refractivity contribution is 6.05. The lowest BCUT2D eigenvalue weighted by molar-refractivity contribution is 0.0519. The normalized spacial score (nSPS) is 9.94. The molecule has 0 unspecified atom stereocenters. The molecule has 1 aromatic heterocycles. The molecule has 0 atom stereocenters. The monoisotopic (exact) mass is 223 g/mol. The van der Waals surface area contributed by atoms with Crippen LogP contribution in [0.1, 0.15) is 50.7 Å². The summed E-state index contributed by atoms with van der Waals surface area (Å²) >= 11 is 0. The minimum absolute atomic E-state index is 0.119. The van der Waals surface area contributed by atoms with E-state index in [1.807, 2.05) is 0 Å². The molecule has 5 heteroatoms. The van der Waals surface area contributed by atoms with Gasteiger partial charge in [0.05, 0.1) is 12.3 Å². The first-order valence-corrected chi connectivity index (χ1v) is 4.88. The fourth-order valence-corrected chi connectivity index (χ4v) is 1.57. The zero-order valence-corrected chi connectivity index (χ0v) is 9.42. The van der Waals surface area contributed by atoms with Gasteiger partial charge < -0.3 is 9.72 Å². The van der Waals surface area contributed by atoms with Crippen LogP contribution in [0, 0.1) is 6.92 Å². The van der Waals surface area contributed by atoms with Crippen molar-refractivity contribution in [2.24, 2.45) is 0 Å². The predicted octanol–water partition coefficient (Wildman–Crippen LogP) is 1.51. The van der Waals surface area contributed by atoms with Gasteiger partial charge >= 0.3 is 5.97 Å². The van der Waals surface area contributed by atoms with E-state index in [1.54, 1.807) is 13.8 Å². The van der Waals surface area contributed by atoms with Crippen molar-refractivity contribution >= 4 is 18.0 Å². The van der Waals surface area contributed by atoms with Gasteiger partial charge in [-0.1, -0.05) is 0 Å². The number of carbonyl (C=O) groups is 3. The summed E-state index contributed by atoms with van der Waals surface area (Å²) in [6, 6.07) is 0. The summed E-state index contributed by atoms with van der Waals surface area (Å²) in [4.78, 5) is 36.1. The second-order valence-electron chi connectivity index (χ2n) is 3.31. The third-order valence-corrected chi connectivity index (χ3v) is 2.23. The summed E-state index contributed by atoms with van der Waals surface area (Å²) in [7, 11) is 0. The average Bonchev–Trinajstić information content (AvgIpc) is 2.55. The van der Waals surface area contributed by atoms with E-state index >= 15 is 0 Å². The van der Waals surface area contributed by atoms with Crippen molar-refractivity contribution in [1.82, 2.24) is 4.98 Å². The Morgan fingerprint density at radius 3 is 2.44 bits per heavy atom. The van der Waals surface area contributed by atoms with Crippen molar-refractivity contribution in [3.8, 4) is 0 Å². The molecule has 0 amide bonds. The number of ether oxygens (including phenoxy) is 1. The van der Waals surface area contributed by atoms with Crippen LogP contribution in [-0.2, 0) is 4.74 Å². The maximum Gasteiger partial charge on any atom is 0.355 e. The Labute approximate surface area is 92.8 Å². The highest BCUT2D eigenvalue weighted by Gasteiger charge is 2.21. The third-order valence-electron chi connectivity index (χ3n) is 2.23. The predicted molar refractivity (Wildman–Crippen MR) is 56.9 cm³/mol. The number of rotatable bonds is 4. The first-order chi connectivity index (χ1) is 7.52. The summed E-state index contributed by atoms with van der Waals surface area (Å²) in [5.41, 5.74) is 0.980. The lowest BCUT2D eigenvalue weighted by atomic mass is 10.1. The minimum atomic E-state index is -0.560. The van der Waals surface area contributed by atoms with Crippen molar-refractivity contribution < 1.29 is 19.1 Å². The van der Waals surface area contributed by atoms with E-state index in [0.29, 0.717) is 11.8 Å². The highest BCUT2D eigenvalue weighted by atomic mass is 16.5. The molecule has 0 spiro atoms. The Balaban J connectivity index is 3.28. The molecule has 16 heavy (non-hydrogen) atoms. The number of hydrogen-bond donors (Lipinski definition) is 1. The Hall–Kier alpha value is -1.91. The van der Waals surface area contributed by atoms with Crippen LogP contribution in [0.3, 0.4) is 0 Å². The molecule has 0 saturated carbocycles. The molecule has 5 nitrogen and oxygen atoms in total. The zero-order valence-electron chi connectivity index (χ0n) is 9.42. The van der Waals surface area contributed by atoms with Crippen molar-refractivity contribution in [2.45, 2.75) is 20.8 Å². The van der Waals surface area contributed by atoms with E-state index in [4.69, 9.17) is 4.74 Å². The molecule has 0 bridgehead atoms. The summed E-state index contributed by atoms with van der Waals surface area (Å²) in [5.74, 6) is -0.818. The van der Waals surface area contributed by atoms with Crippen molar-refractivity contribution in [1.29, 1.82) is 0 Å². The molecule has 86 valence electrons. The van der Waals surface area contributed by atoms with E-state index < -0.39 is 5.97 Å². The van der Waals surface area contributed by atoms with Gasteiger partial charge in [0.2, 0.25) is 0 Å². The first-order valence-electron chi connectivity index (χ1n) is 4.88. The smallest absolute Gasteiger partial charge is 0.355 e. The molecule has 0 aromatic carbocycles. The zero-order chi connectivity index (χ0) is 12.3. The first kappa shape index (κ1) is 12.2. The largest absolute Gasteiger partial charge is 0.461 e. The third kappa shape index (κ3) is 2.03. The molecule has 0 fully saturated rings. The van der Waals surface area contributed by atoms with E-state index in [9.17, 15) is 14.4 Å². The van der Waals surface area contributed by atoms with Crippen LogP contribution in [0.2, 0.25) is 0 Å². The lowest BCUT2D eigenvalue weighted by Crippen LogP contribution is -2.07. The van der Waals surface area contributed by atoms with Gasteiger partial charge in [-0.15, -0.1) is 0 Å². The number of Topliss-reactive ketones (excluding diaryl/α,β-unsaturated/α-hetero) is 1. The minimum Gasteiger partial charge on any atom is -0.461 e. The van der Waals surface area contributed by atoms with E-state index in [0.717, 1.165) is 0 Å². The SMILES string of the molecule is CCOC(=O)c1[nH]c(C=O)c(C(C)=O)c1C. The van der Waals surface area contributed by atoms with Crippen LogP contribution in [0.4, 0.5) is 0 Å². The van der Waals surface area contributed by atoms with Crippen molar-refractivity contribution in [3.05, 3.63) is 22.5 Å². The number of ketones is 1. The molecular formula is C11H13NO4. The van der Waals surface area contributed by atoms with Gasteiger partial charge in [-0.05, 0) is 26.3 Å². The Morgan fingerprint density at radius 1 is 1.44 bits per heavy atom. The molecule has 0 aliphatic carbocycles. The maximum atomic E-state index is 11.5. The van der Waals surface area contributed by atoms with Gasteiger partial charge in [-0.25, -0.2) is 4.79 Å². The van der Waals surface area contributed by atoms with Gasteiger partial charge in [0.15, 0.2) is 12.1 Å². The molecule has 0 aliphatic rings. The lowest BCUT2D eigenvalue weighted by Gasteiger charge is -2.00. The average molecular weight is 223 g/mol. The van der Waals surface area contributed by atoms with Gasteiger partial charge in [0.25, 0.3) is 0 Å². The molecule has 1 heterocycles. The van der Waals surface area contributed by atoms with Crippen LogP contribution in [0.15, 0.2) is 0 Å². The van der Waals surface area contributed by atoms with E-state index in [1.165, 1.54) is 6.92 Å². The molecular weight excluding hydrogens is 210 g/mol. The molecule has 0 radical (unpaired) electrons. The second-order valence-corrected chi connectivity index (χ2v) is 3.31. The maximum absolute atomic E-state index is 11.5. The Morgan fingerprint density at radius 2 is 2.06 bits per heavy atom. The topological polar surface area (TPSA) is 76.2 Å². The summed E-state index contributed by atoms with van der Waals surface area (Å²) in [5, 5.41) is 0. The Bertz CT molecular complexity index is 445. The van der Waals surface area contributed by atoms with Crippen LogP contribution in [0.5, 0.6) is 0 Å². The summed E-state index contributed by atoms with van der Waals surface area (Å²) in [6.45, 7) is 4.87. The van der Waals surface area contributed by atoms with Crippen LogP contribution in [0.25, 0.3) is 0 Å². The second kappa shape index (κ2) is 4.74. The number of aromatic amines is 1. The molecule has 0 saturated heterocycles. The van der Waals surface area contributed by atoms with E-state index in [2.05, 4.69) is 4.98 Å². The molecule has 1 N–H and O–H groups in total. The van der Waals surface area contributed by atoms with Gasteiger partial charge in [-0.2, -0.15) is 0 Å². The number of H-pyrrole nitrogens is 1.